The maximum Gasteiger partial charge on any atom is 0.340 e. The highest BCUT2D eigenvalue weighted by molar-refractivity contribution is 6.23. The molecule has 1 aliphatic rings. The molecule has 0 saturated heterocycles. The monoisotopic (exact) mass is 379 g/mol. The van der Waals surface area contributed by atoms with Crippen molar-refractivity contribution in [2.45, 2.75) is 13.8 Å². The van der Waals surface area contributed by atoms with Gasteiger partial charge < -0.3 is 14.6 Å². The fourth-order valence-corrected chi connectivity index (χ4v) is 3.13. The standard InChI is InChI=1S/C22H21NO5/c1-4-28-18-10-8-16(9-11-18)23-14(2)20(22(26)27-3)19(21(23)25)13-15-6-5-7-17(24)12-15/h5-13,24H,4H2,1-3H3/b19-13-. The van der Waals surface area contributed by atoms with Gasteiger partial charge in [0, 0.05) is 11.4 Å². The van der Waals surface area contributed by atoms with E-state index in [-0.39, 0.29) is 22.8 Å². The molecule has 0 radical (unpaired) electrons. The third-order valence-electron chi connectivity index (χ3n) is 4.38. The van der Waals surface area contributed by atoms with Crippen LogP contribution in [0.15, 0.2) is 65.4 Å². The van der Waals surface area contributed by atoms with E-state index >= 15 is 0 Å². The Kier molecular flexibility index (Phi) is 5.49. The average molecular weight is 379 g/mol. The number of phenolic OH excluding ortho intramolecular Hbond substituents is 1. The Bertz CT molecular complexity index is 973. The molecule has 144 valence electrons. The van der Waals surface area contributed by atoms with Gasteiger partial charge in [-0.3, -0.25) is 9.69 Å². The summed E-state index contributed by atoms with van der Waals surface area (Å²) in [6.45, 7) is 4.14. The van der Waals surface area contributed by atoms with Crippen LogP contribution in [0.1, 0.15) is 19.4 Å². The van der Waals surface area contributed by atoms with E-state index in [2.05, 4.69) is 0 Å². The zero-order valence-corrected chi connectivity index (χ0v) is 15.9. The van der Waals surface area contributed by atoms with E-state index in [1.54, 1.807) is 49.4 Å². The summed E-state index contributed by atoms with van der Waals surface area (Å²) in [5.74, 6) is -0.164. The van der Waals surface area contributed by atoms with Gasteiger partial charge in [0.2, 0.25) is 0 Å². The molecule has 28 heavy (non-hydrogen) atoms. The van der Waals surface area contributed by atoms with Crippen molar-refractivity contribution in [3.05, 3.63) is 70.9 Å². The van der Waals surface area contributed by atoms with E-state index in [9.17, 15) is 14.7 Å². The summed E-state index contributed by atoms with van der Waals surface area (Å²) in [6.07, 6.45) is 1.58. The predicted molar refractivity (Wildman–Crippen MR) is 106 cm³/mol. The molecule has 0 aliphatic carbocycles. The third-order valence-corrected chi connectivity index (χ3v) is 4.38. The highest BCUT2D eigenvalue weighted by atomic mass is 16.5. The van der Waals surface area contributed by atoms with Gasteiger partial charge in [-0.15, -0.1) is 0 Å². The number of methoxy groups -OCH3 is 1. The summed E-state index contributed by atoms with van der Waals surface area (Å²) in [7, 11) is 1.28. The highest BCUT2D eigenvalue weighted by Gasteiger charge is 2.37. The molecule has 0 atom stereocenters. The Morgan fingerprint density at radius 1 is 1.18 bits per heavy atom. The first-order chi connectivity index (χ1) is 13.5. The van der Waals surface area contributed by atoms with Gasteiger partial charge in [0.25, 0.3) is 5.91 Å². The second kappa shape index (κ2) is 8.00. The van der Waals surface area contributed by atoms with Crippen molar-refractivity contribution in [3.63, 3.8) is 0 Å². The van der Waals surface area contributed by atoms with Crippen molar-refractivity contribution in [2.75, 3.05) is 18.6 Å². The van der Waals surface area contributed by atoms with Gasteiger partial charge in [0.15, 0.2) is 0 Å². The quantitative estimate of drug-likeness (QED) is 0.634. The average Bonchev–Trinajstić information content (AvgIpc) is 2.92. The Balaban J connectivity index is 2.07. The first kappa shape index (κ1) is 19.2. The van der Waals surface area contributed by atoms with Crippen molar-refractivity contribution in [3.8, 4) is 11.5 Å². The number of allylic oxidation sites excluding steroid dienone is 1. The normalized spacial score (nSPS) is 15.3. The SMILES string of the molecule is CCOc1ccc(N2C(=O)/C(=C\c3cccc(O)c3)C(C(=O)OC)=C2C)cc1. The highest BCUT2D eigenvalue weighted by Crippen LogP contribution is 2.36. The number of amides is 1. The number of hydrogen-bond donors (Lipinski definition) is 1. The molecule has 0 unspecified atom stereocenters. The smallest absolute Gasteiger partial charge is 0.340 e. The number of carbonyl (C=O) groups is 2. The summed E-state index contributed by atoms with van der Waals surface area (Å²) in [6, 6.07) is 13.5. The van der Waals surface area contributed by atoms with Crippen LogP contribution in [0.25, 0.3) is 6.08 Å². The summed E-state index contributed by atoms with van der Waals surface area (Å²) < 4.78 is 10.3. The Hall–Kier alpha value is -3.54. The molecule has 1 amide bonds. The van der Waals surface area contributed by atoms with E-state index in [1.165, 1.54) is 24.1 Å². The van der Waals surface area contributed by atoms with Crippen LogP contribution in [-0.4, -0.2) is 30.7 Å². The largest absolute Gasteiger partial charge is 0.508 e. The van der Waals surface area contributed by atoms with Crippen molar-refractivity contribution in [2.24, 2.45) is 0 Å². The lowest BCUT2D eigenvalue weighted by molar-refractivity contribution is -0.136. The topological polar surface area (TPSA) is 76.1 Å². The number of nitrogens with zero attached hydrogens (tertiary/aromatic N) is 1. The second-order valence-corrected chi connectivity index (χ2v) is 6.17. The van der Waals surface area contributed by atoms with E-state index in [0.717, 1.165) is 0 Å². The summed E-state index contributed by atoms with van der Waals surface area (Å²) in [5, 5.41) is 9.69. The lowest BCUT2D eigenvalue weighted by Gasteiger charge is -2.18. The Labute approximate surface area is 163 Å². The molecule has 0 bridgehead atoms. The van der Waals surface area contributed by atoms with Crippen molar-refractivity contribution in [1.29, 1.82) is 0 Å². The van der Waals surface area contributed by atoms with Crippen molar-refractivity contribution in [1.82, 2.24) is 0 Å². The molecule has 0 fully saturated rings. The molecule has 1 aliphatic heterocycles. The number of ether oxygens (including phenoxy) is 2. The van der Waals surface area contributed by atoms with E-state index in [0.29, 0.717) is 29.3 Å². The minimum Gasteiger partial charge on any atom is -0.508 e. The maximum absolute atomic E-state index is 13.2. The van der Waals surface area contributed by atoms with Gasteiger partial charge in [0.1, 0.15) is 11.5 Å². The molecule has 1 heterocycles. The molecule has 6 nitrogen and oxygen atoms in total. The van der Waals surface area contributed by atoms with Crippen LogP contribution in [0, 0.1) is 0 Å². The van der Waals surface area contributed by atoms with Crippen LogP contribution in [-0.2, 0) is 14.3 Å². The van der Waals surface area contributed by atoms with Crippen LogP contribution in [0.3, 0.4) is 0 Å². The fraction of sp³-hybridized carbons (Fsp3) is 0.182. The molecule has 2 aromatic rings. The van der Waals surface area contributed by atoms with Gasteiger partial charge >= 0.3 is 5.97 Å². The van der Waals surface area contributed by atoms with Crippen molar-refractivity contribution < 1.29 is 24.2 Å². The summed E-state index contributed by atoms with van der Waals surface area (Å²) in [5.41, 5.74) is 2.11. The number of aromatic hydroxyl groups is 1. The lowest BCUT2D eigenvalue weighted by atomic mass is 10.0. The van der Waals surface area contributed by atoms with Gasteiger partial charge in [-0.2, -0.15) is 0 Å². The first-order valence-electron chi connectivity index (χ1n) is 8.84. The summed E-state index contributed by atoms with van der Waals surface area (Å²) in [4.78, 5) is 27.0. The molecule has 6 heteroatoms. The van der Waals surface area contributed by atoms with E-state index in [1.807, 2.05) is 6.92 Å². The zero-order chi connectivity index (χ0) is 20.3. The Morgan fingerprint density at radius 2 is 1.89 bits per heavy atom. The maximum atomic E-state index is 13.2. The van der Waals surface area contributed by atoms with Gasteiger partial charge in [-0.1, -0.05) is 12.1 Å². The molecule has 3 rings (SSSR count). The number of esters is 1. The van der Waals surface area contributed by atoms with Crippen LogP contribution >= 0.6 is 0 Å². The van der Waals surface area contributed by atoms with Crippen LogP contribution in [0.2, 0.25) is 0 Å². The molecular weight excluding hydrogens is 358 g/mol. The Morgan fingerprint density at radius 3 is 2.50 bits per heavy atom. The van der Waals surface area contributed by atoms with Crippen molar-refractivity contribution >= 4 is 23.6 Å². The van der Waals surface area contributed by atoms with E-state index in [4.69, 9.17) is 9.47 Å². The van der Waals surface area contributed by atoms with Crippen LogP contribution in [0.4, 0.5) is 5.69 Å². The fourth-order valence-electron chi connectivity index (χ4n) is 3.13. The number of phenols is 1. The number of hydrogen-bond acceptors (Lipinski definition) is 5. The molecular formula is C22H21NO5. The first-order valence-corrected chi connectivity index (χ1v) is 8.84. The summed E-state index contributed by atoms with van der Waals surface area (Å²) >= 11 is 0. The predicted octanol–water partition coefficient (Wildman–Crippen LogP) is 3.67. The molecule has 0 spiro atoms. The molecule has 0 saturated carbocycles. The van der Waals surface area contributed by atoms with Gasteiger partial charge in [-0.25, -0.2) is 4.79 Å². The minimum absolute atomic E-state index is 0.0727. The second-order valence-electron chi connectivity index (χ2n) is 6.17. The lowest BCUT2D eigenvalue weighted by Crippen LogP contribution is -2.24. The number of benzene rings is 2. The minimum atomic E-state index is -0.592. The molecule has 2 aromatic carbocycles. The van der Waals surface area contributed by atoms with Crippen LogP contribution < -0.4 is 9.64 Å². The zero-order valence-electron chi connectivity index (χ0n) is 15.9. The number of carbonyl (C=O) groups excluding carboxylic acids is 2. The third kappa shape index (κ3) is 3.62. The molecule has 0 aromatic heterocycles. The van der Waals surface area contributed by atoms with E-state index < -0.39 is 5.97 Å². The molecule has 1 N–H and O–H groups in total. The van der Waals surface area contributed by atoms with Gasteiger partial charge in [-0.05, 0) is 61.9 Å². The van der Waals surface area contributed by atoms with Gasteiger partial charge in [0.05, 0.1) is 24.9 Å². The number of rotatable bonds is 5. The number of anilines is 1. The van der Waals surface area contributed by atoms with Crippen LogP contribution in [0.5, 0.6) is 11.5 Å².